The first-order valence-electron chi connectivity index (χ1n) is 10.0. The molecule has 1 N–H and O–H groups in total. The van der Waals surface area contributed by atoms with Crippen LogP contribution in [0.1, 0.15) is 65.2 Å². The number of rotatable bonds is 4. The Morgan fingerprint density at radius 1 is 1.19 bits per heavy atom. The monoisotopic (exact) mass is 398 g/mol. The number of hydrogen-bond acceptors (Lipinski definition) is 5. The Labute approximate surface area is 161 Å². The minimum absolute atomic E-state index is 0.0453. The lowest BCUT2D eigenvalue weighted by Crippen LogP contribution is -2.51. The first-order valence-corrected chi connectivity index (χ1v) is 11.6. The Kier molecular flexibility index (Phi) is 5.96. The van der Waals surface area contributed by atoms with Crippen LogP contribution in [0.3, 0.4) is 0 Å². The average molecular weight is 399 g/mol. The zero-order chi connectivity index (χ0) is 19.7. The summed E-state index contributed by atoms with van der Waals surface area (Å²) in [6, 6.07) is 0.133. The van der Waals surface area contributed by atoms with Gasteiger partial charge in [0.2, 0.25) is 10.0 Å². The lowest BCUT2D eigenvalue weighted by molar-refractivity contribution is -0.150. The molecular formula is C19H30N2O5S. The van der Waals surface area contributed by atoms with Gasteiger partial charge in [-0.15, -0.1) is 0 Å². The number of carbonyl (C=O) groups excluding carboxylic acids is 2. The van der Waals surface area contributed by atoms with Crippen LogP contribution in [0.2, 0.25) is 0 Å². The number of piperidine rings is 1. The molecule has 0 atom stereocenters. The number of hydrogen-bond donors (Lipinski definition) is 1. The molecule has 8 heteroatoms. The molecule has 2 aliphatic heterocycles. The van der Waals surface area contributed by atoms with Crippen molar-refractivity contribution >= 4 is 21.9 Å². The van der Waals surface area contributed by atoms with E-state index in [1.165, 1.54) is 17.1 Å². The zero-order valence-corrected chi connectivity index (χ0v) is 17.1. The molecule has 2 heterocycles. The lowest BCUT2D eigenvalue weighted by atomic mass is 9.83. The summed E-state index contributed by atoms with van der Waals surface area (Å²) in [5, 5.41) is 3.12. The number of nitrogens with one attached hydrogen (secondary N) is 1. The largest absolute Gasteiger partial charge is 0.450 e. The maximum atomic E-state index is 13.1. The summed E-state index contributed by atoms with van der Waals surface area (Å²) < 4.78 is 31.3. The van der Waals surface area contributed by atoms with Crippen molar-refractivity contribution in [2.45, 2.75) is 76.9 Å². The predicted octanol–water partition coefficient (Wildman–Crippen LogP) is 1.88. The minimum Gasteiger partial charge on any atom is -0.450 e. The molecule has 1 saturated heterocycles. The second-order valence-corrected chi connectivity index (χ2v) is 10.1. The molecule has 152 valence electrons. The van der Waals surface area contributed by atoms with E-state index in [1.54, 1.807) is 13.8 Å². The van der Waals surface area contributed by atoms with Crippen molar-refractivity contribution in [1.82, 2.24) is 9.62 Å². The summed E-state index contributed by atoms with van der Waals surface area (Å²) in [7, 11) is -3.28. The summed E-state index contributed by atoms with van der Waals surface area (Å²) in [5.74, 6) is -0.645. The Morgan fingerprint density at radius 3 is 2.33 bits per heavy atom. The molecule has 1 saturated carbocycles. The van der Waals surface area contributed by atoms with E-state index in [1.807, 2.05) is 0 Å². The Bertz CT molecular complexity index is 727. The van der Waals surface area contributed by atoms with Crippen molar-refractivity contribution in [3.05, 3.63) is 11.1 Å². The smallest absolute Gasteiger partial charge is 0.335 e. The average Bonchev–Trinajstić information content (AvgIpc) is 2.81. The number of carbonyl (C=O) groups is 2. The van der Waals surface area contributed by atoms with Gasteiger partial charge in [0, 0.05) is 37.5 Å². The van der Waals surface area contributed by atoms with Gasteiger partial charge in [-0.1, -0.05) is 25.7 Å². The zero-order valence-electron chi connectivity index (χ0n) is 16.3. The van der Waals surface area contributed by atoms with E-state index < -0.39 is 21.6 Å². The van der Waals surface area contributed by atoms with E-state index in [0.717, 1.165) is 25.7 Å². The molecule has 7 nitrogen and oxygen atoms in total. The van der Waals surface area contributed by atoms with Gasteiger partial charge in [-0.2, -0.15) is 0 Å². The van der Waals surface area contributed by atoms with Gasteiger partial charge in [-0.25, -0.2) is 17.5 Å². The van der Waals surface area contributed by atoms with Crippen molar-refractivity contribution in [3.63, 3.8) is 0 Å². The Balaban J connectivity index is 1.76. The van der Waals surface area contributed by atoms with Gasteiger partial charge in [0.15, 0.2) is 0 Å². The number of sulfonamides is 1. The van der Waals surface area contributed by atoms with E-state index >= 15 is 0 Å². The van der Waals surface area contributed by atoms with Crippen molar-refractivity contribution in [3.8, 4) is 0 Å². The Hall–Kier alpha value is -1.41. The van der Waals surface area contributed by atoms with Gasteiger partial charge in [0.1, 0.15) is 5.60 Å². The van der Waals surface area contributed by atoms with Crippen LogP contribution in [0.15, 0.2) is 11.1 Å². The fourth-order valence-electron chi connectivity index (χ4n) is 4.47. The SMILES string of the molecule is CCS(=O)(=O)N1CCC2(CC1)OC(=O)C(C)=C2C(=O)NC1CCCCCC1. The van der Waals surface area contributed by atoms with E-state index in [-0.39, 0.29) is 30.8 Å². The molecule has 0 unspecified atom stereocenters. The number of ether oxygens (including phenoxy) is 1. The van der Waals surface area contributed by atoms with Gasteiger partial charge in [-0.3, -0.25) is 4.79 Å². The van der Waals surface area contributed by atoms with Crippen LogP contribution in [0.25, 0.3) is 0 Å². The molecule has 3 aliphatic rings. The molecule has 1 aliphatic carbocycles. The third-order valence-corrected chi connectivity index (χ3v) is 8.01. The molecule has 0 aromatic rings. The lowest BCUT2D eigenvalue weighted by Gasteiger charge is -2.38. The first kappa shape index (κ1) is 20.3. The van der Waals surface area contributed by atoms with Gasteiger partial charge in [-0.05, 0) is 26.7 Å². The fourth-order valence-corrected chi connectivity index (χ4v) is 5.57. The van der Waals surface area contributed by atoms with E-state index in [2.05, 4.69) is 5.32 Å². The summed E-state index contributed by atoms with van der Waals surface area (Å²) in [4.78, 5) is 25.3. The van der Waals surface area contributed by atoms with Crippen LogP contribution in [0, 0.1) is 0 Å². The highest BCUT2D eigenvalue weighted by molar-refractivity contribution is 7.89. The molecule has 0 radical (unpaired) electrons. The van der Waals surface area contributed by atoms with Crippen LogP contribution in [0.4, 0.5) is 0 Å². The van der Waals surface area contributed by atoms with Crippen LogP contribution in [-0.4, -0.2) is 55.1 Å². The van der Waals surface area contributed by atoms with Crippen molar-refractivity contribution < 1.29 is 22.7 Å². The maximum absolute atomic E-state index is 13.1. The molecule has 0 bridgehead atoms. The number of amides is 1. The van der Waals surface area contributed by atoms with E-state index in [0.29, 0.717) is 24.0 Å². The highest BCUT2D eigenvalue weighted by Crippen LogP contribution is 2.41. The normalized spacial score (nSPS) is 24.7. The molecule has 0 aromatic carbocycles. The number of esters is 1. The van der Waals surface area contributed by atoms with Gasteiger partial charge >= 0.3 is 5.97 Å². The summed E-state index contributed by atoms with van der Waals surface area (Å²) >= 11 is 0. The molecule has 2 fully saturated rings. The highest BCUT2D eigenvalue weighted by Gasteiger charge is 2.51. The summed E-state index contributed by atoms with van der Waals surface area (Å²) in [6.45, 7) is 3.77. The van der Waals surface area contributed by atoms with Crippen molar-refractivity contribution in [2.24, 2.45) is 0 Å². The molecule has 1 spiro atoms. The van der Waals surface area contributed by atoms with Crippen LogP contribution >= 0.6 is 0 Å². The van der Waals surface area contributed by atoms with Crippen LogP contribution < -0.4 is 5.32 Å². The van der Waals surface area contributed by atoms with Crippen molar-refractivity contribution in [2.75, 3.05) is 18.8 Å². The minimum atomic E-state index is -3.28. The quantitative estimate of drug-likeness (QED) is 0.577. The van der Waals surface area contributed by atoms with Gasteiger partial charge in [0.05, 0.1) is 11.3 Å². The third kappa shape index (κ3) is 4.06. The van der Waals surface area contributed by atoms with Crippen LogP contribution in [-0.2, 0) is 24.3 Å². The fraction of sp³-hybridized carbons (Fsp3) is 0.789. The van der Waals surface area contributed by atoms with E-state index in [9.17, 15) is 18.0 Å². The van der Waals surface area contributed by atoms with Crippen molar-refractivity contribution in [1.29, 1.82) is 0 Å². The molecule has 3 rings (SSSR count). The summed E-state index contributed by atoms with van der Waals surface area (Å²) in [5.41, 5.74) is -0.228. The summed E-state index contributed by atoms with van der Waals surface area (Å²) in [6.07, 6.45) is 7.17. The standard InChI is InChI=1S/C19H30N2O5S/c1-3-27(24,25)21-12-10-19(11-13-21)16(14(2)18(23)26-19)17(22)20-15-8-6-4-5-7-9-15/h15H,3-13H2,1-2H3,(H,20,22). The van der Waals surface area contributed by atoms with Crippen LogP contribution in [0.5, 0.6) is 0 Å². The second-order valence-electron chi connectivity index (χ2n) is 7.85. The maximum Gasteiger partial charge on any atom is 0.335 e. The first-order chi connectivity index (χ1) is 12.8. The second kappa shape index (κ2) is 7.91. The van der Waals surface area contributed by atoms with E-state index in [4.69, 9.17) is 4.74 Å². The third-order valence-electron chi connectivity index (χ3n) is 6.13. The predicted molar refractivity (Wildman–Crippen MR) is 101 cm³/mol. The molecule has 27 heavy (non-hydrogen) atoms. The highest BCUT2D eigenvalue weighted by atomic mass is 32.2. The number of nitrogens with zero attached hydrogens (tertiary/aromatic N) is 1. The van der Waals surface area contributed by atoms with Gasteiger partial charge in [0.25, 0.3) is 5.91 Å². The Morgan fingerprint density at radius 2 is 1.78 bits per heavy atom. The molecule has 0 aromatic heterocycles. The topological polar surface area (TPSA) is 92.8 Å². The molecular weight excluding hydrogens is 368 g/mol. The van der Waals surface area contributed by atoms with Gasteiger partial charge < -0.3 is 10.1 Å². The molecule has 1 amide bonds.